The van der Waals surface area contributed by atoms with Crippen LogP contribution < -0.4 is 0 Å². The Morgan fingerprint density at radius 2 is 1.23 bits per heavy atom. The fourth-order valence-corrected chi connectivity index (χ4v) is 3.39. The van der Waals surface area contributed by atoms with Crippen molar-refractivity contribution in [2.45, 2.75) is 13.8 Å². The van der Waals surface area contributed by atoms with E-state index in [1.54, 1.807) is 0 Å². The molecule has 0 atom stereocenters. The van der Waals surface area contributed by atoms with Crippen LogP contribution in [0, 0.1) is 0 Å². The van der Waals surface area contributed by atoms with Gasteiger partial charge in [-0.2, -0.15) is 0 Å². The van der Waals surface area contributed by atoms with Crippen LogP contribution in [-0.2, 0) is 0 Å². The number of amides is 2. The second-order valence-electron chi connectivity index (χ2n) is 4.79. The highest BCUT2D eigenvalue weighted by Crippen LogP contribution is 2.44. The van der Waals surface area contributed by atoms with E-state index in [1.807, 2.05) is 13.8 Å². The molecule has 1 aliphatic heterocycles. The quantitative estimate of drug-likeness (QED) is 0.433. The van der Waals surface area contributed by atoms with E-state index in [0.29, 0.717) is 6.54 Å². The minimum absolute atomic E-state index is 0.0150. The highest BCUT2D eigenvalue weighted by Gasteiger charge is 2.41. The summed E-state index contributed by atoms with van der Waals surface area (Å²) in [5.41, 5.74) is 0.0660. The number of halogens is 4. The largest absolute Gasteiger partial charge is 0.302 e. The third-order valence-corrected chi connectivity index (χ3v) is 5.52. The zero-order chi connectivity index (χ0) is 16.6. The molecule has 1 aliphatic rings. The van der Waals surface area contributed by atoms with Gasteiger partial charge in [0.2, 0.25) is 0 Å². The molecule has 22 heavy (non-hydrogen) atoms. The lowest BCUT2D eigenvalue weighted by Gasteiger charge is -2.21. The first-order chi connectivity index (χ1) is 10.3. The molecule has 1 aromatic rings. The molecule has 0 unspecified atom stereocenters. The lowest BCUT2D eigenvalue weighted by atomic mass is 10.1. The highest BCUT2D eigenvalue weighted by atomic mass is 35.5. The first-order valence-corrected chi connectivity index (χ1v) is 8.30. The van der Waals surface area contributed by atoms with E-state index in [0.717, 1.165) is 18.0 Å². The summed E-state index contributed by atoms with van der Waals surface area (Å²) in [5.74, 6) is -0.977. The number of fused-ring (bicyclic) bond motifs is 1. The Morgan fingerprint density at radius 1 is 0.818 bits per heavy atom. The summed E-state index contributed by atoms with van der Waals surface area (Å²) < 4.78 is 0. The zero-order valence-electron chi connectivity index (χ0n) is 12.1. The molecule has 120 valence electrons. The Bertz CT molecular complexity index is 597. The van der Waals surface area contributed by atoms with E-state index in [9.17, 15) is 9.59 Å². The number of hydrogen-bond donors (Lipinski definition) is 0. The van der Waals surface area contributed by atoms with Crippen LogP contribution >= 0.6 is 46.4 Å². The van der Waals surface area contributed by atoms with Gasteiger partial charge < -0.3 is 4.90 Å². The Labute approximate surface area is 148 Å². The van der Waals surface area contributed by atoms with E-state index >= 15 is 0 Å². The molecule has 0 N–H and O–H groups in total. The Hall–Kier alpha value is -0.520. The minimum Gasteiger partial charge on any atom is -0.302 e. The third-order valence-electron chi connectivity index (χ3n) is 3.72. The van der Waals surface area contributed by atoms with Gasteiger partial charge >= 0.3 is 0 Å². The third kappa shape index (κ3) is 2.83. The molecule has 0 aliphatic carbocycles. The predicted octanol–water partition coefficient (Wildman–Crippen LogP) is 4.24. The van der Waals surface area contributed by atoms with Gasteiger partial charge in [-0.25, -0.2) is 0 Å². The van der Waals surface area contributed by atoms with E-state index < -0.39 is 11.8 Å². The SMILES string of the molecule is CCN(CC)CCN1C(=O)c2c(Cl)c(Cl)c(Cl)c(Cl)c2C1=O. The van der Waals surface area contributed by atoms with Crippen LogP contribution in [0.25, 0.3) is 0 Å². The number of carbonyl (C=O) groups excluding carboxylic acids is 2. The molecule has 0 fully saturated rings. The van der Waals surface area contributed by atoms with Gasteiger partial charge in [-0.15, -0.1) is 0 Å². The number of rotatable bonds is 5. The molecule has 1 heterocycles. The maximum absolute atomic E-state index is 12.5. The van der Waals surface area contributed by atoms with Gasteiger partial charge in [0.15, 0.2) is 0 Å². The number of carbonyl (C=O) groups is 2. The smallest absolute Gasteiger partial charge is 0.263 e. The number of nitrogens with zero attached hydrogens (tertiary/aromatic N) is 2. The van der Waals surface area contributed by atoms with Crippen LogP contribution in [0.5, 0.6) is 0 Å². The first kappa shape index (κ1) is 17.8. The molecule has 0 saturated heterocycles. The number of imide groups is 1. The lowest BCUT2D eigenvalue weighted by Crippen LogP contribution is -2.38. The van der Waals surface area contributed by atoms with Crippen molar-refractivity contribution >= 4 is 58.2 Å². The van der Waals surface area contributed by atoms with Crippen LogP contribution in [0.2, 0.25) is 20.1 Å². The van der Waals surface area contributed by atoms with Crippen molar-refractivity contribution in [2.75, 3.05) is 26.2 Å². The molecular weight excluding hydrogens is 370 g/mol. The number of hydrogen-bond acceptors (Lipinski definition) is 3. The molecule has 0 radical (unpaired) electrons. The first-order valence-electron chi connectivity index (χ1n) is 6.79. The lowest BCUT2D eigenvalue weighted by molar-refractivity contribution is 0.0638. The molecule has 4 nitrogen and oxygen atoms in total. The van der Waals surface area contributed by atoms with Crippen molar-refractivity contribution in [1.29, 1.82) is 0 Å². The van der Waals surface area contributed by atoms with Crippen LogP contribution in [0.4, 0.5) is 0 Å². The summed E-state index contributed by atoms with van der Waals surface area (Å²) in [6.45, 7) is 6.53. The minimum atomic E-state index is -0.488. The van der Waals surface area contributed by atoms with Crippen molar-refractivity contribution in [2.24, 2.45) is 0 Å². The monoisotopic (exact) mass is 382 g/mol. The van der Waals surface area contributed by atoms with Gasteiger partial charge in [0.05, 0.1) is 31.2 Å². The predicted molar refractivity (Wildman–Crippen MR) is 89.6 cm³/mol. The molecule has 0 spiro atoms. The van der Waals surface area contributed by atoms with Gasteiger partial charge in [0, 0.05) is 13.1 Å². The van der Waals surface area contributed by atoms with Gasteiger partial charge in [-0.1, -0.05) is 60.3 Å². The molecule has 0 saturated carbocycles. The number of likely N-dealkylation sites (N-methyl/N-ethyl adjacent to an activating group) is 1. The topological polar surface area (TPSA) is 40.6 Å². The van der Waals surface area contributed by atoms with Gasteiger partial charge in [-0.05, 0) is 13.1 Å². The van der Waals surface area contributed by atoms with E-state index in [1.165, 1.54) is 0 Å². The summed E-state index contributed by atoms with van der Waals surface area (Å²) in [6, 6.07) is 0. The van der Waals surface area contributed by atoms with Crippen LogP contribution in [0.3, 0.4) is 0 Å². The van der Waals surface area contributed by atoms with Gasteiger partial charge in [0.25, 0.3) is 11.8 Å². The molecule has 8 heteroatoms. The number of benzene rings is 1. The van der Waals surface area contributed by atoms with Crippen molar-refractivity contribution < 1.29 is 9.59 Å². The molecule has 0 bridgehead atoms. The average Bonchev–Trinajstić information content (AvgIpc) is 2.76. The van der Waals surface area contributed by atoms with Crippen LogP contribution in [0.15, 0.2) is 0 Å². The molecule has 0 aromatic heterocycles. The van der Waals surface area contributed by atoms with Crippen LogP contribution in [-0.4, -0.2) is 47.8 Å². The van der Waals surface area contributed by atoms with Gasteiger partial charge in [-0.3, -0.25) is 14.5 Å². The summed E-state index contributed by atoms with van der Waals surface area (Å²) in [7, 11) is 0. The Kier molecular flexibility index (Phi) is 5.62. The summed E-state index contributed by atoms with van der Waals surface area (Å²) in [6.07, 6.45) is 0. The zero-order valence-corrected chi connectivity index (χ0v) is 15.1. The van der Waals surface area contributed by atoms with Crippen molar-refractivity contribution in [3.05, 3.63) is 31.2 Å². The molecule has 2 amide bonds. The van der Waals surface area contributed by atoms with E-state index in [2.05, 4.69) is 4.90 Å². The second kappa shape index (κ2) is 6.93. The second-order valence-corrected chi connectivity index (χ2v) is 6.31. The van der Waals surface area contributed by atoms with E-state index in [-0.39, 0.29) is 37.8 Å². The maximum atomic E-state index is 12.5. The molecule has 2 rings (SSSR count). The van der Waals surface area contributed by atoms with E-state index in [4.69, 9.17) is 46.4 Å². The highest BCUT2D eigenvalue weighted by molar-refractivity contribution is 6.55. The van der Waals surface area contributed by atoms with Crippen molar-refractivity contribution in [1.82, 2.24) is 9.80 Å². The summed E-state index contributed by atoms with van der Waals surface area (Å²) in [5, 5.41) is -0.0952. The normalized spacial score (nSPS) is 14.2. The molecular formula is C14H14Cl4N2O2. The van der Waals surface area contributed by atoms with Gasteiger partial charge in [0.1, 0.15) is 0 Å². The summed E-state index contributed by atoms with van der Waals surface area (Å²) >= 11 is 24.1. The summed E-state index contributed by atoms with van der Waals surface area (Å²) in [4.78, 5) is 28.2. The van der Waals surface area contributed by atoms with Crippen LogP contribution in [0.1, 0.15) is 34.6 Å². The Balaban J connectivity index is 2.38. The fraction of sp³-hybridized carbons (Fsp3) is 0.429. The molecule has 1 aromatic carbocycles. The van der Waals surface area contributed by atoms with Crippen molar-refractivity contribution in [3.8, 4) is 0 Å². The average molecular weight is 384 g/mol. The standard InChI is InChI=1S/C14H14Cl4N2O2/c1-3-19(4-2)5-6-20-13(21)7-8(14(20)22)10(16)12(18)11(17)9(7)15/h3-6H2,1-2H3. The maximum Gasteiger partial charge on any atom is 0.263 e. The Morgan fingerprint density at radius 3 is 1.59 bits per heavy atom. The van der Waals surface area contributed by atoms with Crippen molar-refractivity contribution in [3.63, 3.8) is 0 Å². The fourth-order valence-electron chi connectivity index (χ4n) is 2.38.